The predicted octanol–water partition coefficient (Wildman–Crippen LogP) is 2.10. The average molecular weight is 373 g/mol. The van der Waals surface area contributed by atoms with E-state index in [1.807, 2.05) is 0 Å². The maximum atomic E-state index is 12.1. The molecule has 0 radical (unpaired) electrons. The molecule has 1 aromatic carbocycles. The van der Waals surface area contributed by atoms with Crippen LogP contribution in [0.2, 0.25) is 0 Å². The molecule has 0 spiro atoms. The van der Waals surface area contributed by atoms with Crippen LogP contribution in [-0.4, -0.2) is 41.2 Å². The first-order valence-electron chi connectivity index (χ1n) is 8.89. The Balaban J connectivity index is 1.60. The number of nitrogens with zero attached hydrogens (tertiary/aromatic N) is 1. The summed E-state index contributed by atoms with van der Waals surface area (Å²) in [6, 6.07) is 4.94. The van der Waals surface area contributed by atoms with Crippen molar-refractivity contribution in [3.8, 4) is 17.1 Å². The Kier molecular flexibility index (Phi) is 5.75. The maximum absolute atomic E-state index is 12.1. The third-order valence-corrected chi connectivity index (χ3v) is 4.73. The Bertz CT molecular complexity index is 798. The smallest absolute Gasteiger partial charge is 0.313 e. The molecular formula is C19H23N3O5. The number of methoxy groups -OCH3 is 1. The highest BCUT2D eigenvalue weighted by Gasteiger charge is 2.30. The van der Waals surface area contributed by atoms with E-state index in [9.17, 15) is 14.7 Å². The molecule has 0 atom stereocenters. The van der Waals surface area contributed by atoms with Crippen molar-refractivity contribution >= 4 is 17.5 Å². The molecule has 8 nitrogen and oxygen atoms in total. The normalized spacial score (nSPS) is 15.8. The van der Waals surface area contributed by atoms with Crippen LogP contribution in [0.1, 0.15) is 32.1 Å². The third kappa shape index (κ3) is 4.65. The summed E-state index contributed by atoms with van der Waals surface area (Å²) in [5.41, 5.74) is 0.166. The van der Waals surface area contributed by atoms with E-state index < -0.39 is 17.4 Å². The molecule has 3 rings (SSSR count). The summed E-state index contributed by atoms with van der Waals surface area (Å²) in [6.07, 6.45) is 7.08. The number of anilines is 1. The molecule has 27 heavy (non-hydrogen) atoms. The second kappa shape index (κ2) is 8.22. The molecule has 0 unspecified atom stereocenters. The minimum absolute atomic E-state index is 0.0764. The lowest BCUT2D eigenvalue weighted by molar-refractivity contribution is -0.137. The van der Waals surface area contributed by atoms with Gasteiger partial charge in [-0.1, -0.05) is 19.3 Å². The minimum atomic E-state index is -0.921. The van der Waals surface area contributed by atoms with E-state index in [0.29, 0.717) is 35.6 Å². The number of hydrogen-bond donors (Lipinski definition) is 3. The number of amides is 2. The van der Waals surface area contributed by atoms with Crippen LogP contribution in [0.4, 0.5) is 5.69 Å². The van der Waals surface area contributed by atoms with Crippen LogP contribution < -0.4 is 15.4 Å². The van der Waals surface area contributed by atoms with Crippen LogP contribution in [0.3, 0.4) is 0 Å². The van der Waals surface area contributed by atoms with E-state index in [-0.39, 0.29) is 6.54 Å². The van der Waals surface area contributed by atoms with Gasteiger partial charge >= 0.3 is 11.8 Å². The standard InChI is InChI=1S/C19H23N3O5/c1-26-15-9-13(5-6-14(15)16-10-20-12-27-16)22-18(24)17(23)21-11-19(25)7-3-2-4-8-19/h5-6,9-10,12,25H,2-4,7-8,11H2,1H3,(H,21,23)(H,22,24). The third-order valence-electron chi connectivity index (χ3n) is 4.73. The second-order valence-corrected chi connectivity index (χ2v) is 6.70. The van der Waals surface area contributed by atoms with E-state index in [0.717, 1.165) is 19.3 Å². The van der Waals surface area contributed by atoms with Gasteiger partial charge in [0.2, 0.25) is 0 Å². The number of benzene rings is 1. The predicted molar refractivity (Wildman–Crippen MR) is 98.2 cm³/mol. The molecule has 0 aliphatic heterocycles. The fraction of sp³-hybridized carbons (Fsp3) is 0.421. The van der Waals surface area contributed by atoms with E-state index in [1.165, 1.54) is 13.5 Å². The monoisotopic (exact) mass is 373 g/mol. The van der Waals surface area contributed by atoms with Crippen molar-refractivity contribution in [3.05, 3.63) is 30.8 Å². The van der Waals surface area contributed by atoms with Crippen molar-refractivity contribution in [2.24, 2.45) is 0 Å². The second-order valence-electron chi connectivity index (χ2n) is 6.70. The molecule has 0 saturated heterocycles. The van der Waals surface area contributed by atoms with Crippen LogP contribution in [0, 0.1) is 0 Å². The van der Waals surface area contributed by atoms with Gasteiger partial charge in [0.25, 0.3) is 0 Å². The van der Waals surface area contributed by atoms with Crippen molar-refractivity contribution in [1.29, 1.82) is 0 Å². The quantitative estimate of drug-likeness (QED) is 0.692. The zero-order chi connectivity index (χ0) is 19.3. The number of ether oxygens (including phenoxy) is 1. The molecule has 1 heterocycles. The zero-order valence-electron chi connectivity index (χ0n) is 15.2. The van der Waals surface area contributed by atoms with Gasteiger partial charge in [-0.05, 0) is 25.0 Å². The first-order chi connectivity index (χ1) is 13.0. The summed E-state index contributed by atoms with van der Waals surface area (Å²) < 4.78 is 10.6. The fourth-order valence-corrected chi connectivity index (χ4v) is 3.22. The molecule has 0 bridgehead atoms. The average Bonchev–Trinajstić information content (AvgIpc) is 3.21. The highest BCUT2D eigenvalue weighted by Crippen LogP contribution is 2.32. The SMILES string of the molecule is COc1cc(NC(=O)C(=O)NCC2(O)CCCCC2)ccc1-c1cnco1. The van der Waals surface area contributed by atoms with Crippen molar-refractivity contribution in [2.45, 2.75) is 37.7 Å². The molecule has 1 saturated carbocycles. The molecule has 3 N–H and O–H groups in total. The van der Waals surface area contributed by atoms with Crippen LogP contribution in [0.5, 0.6) is 5.75 Å². The van der Waals surface area contributed by atoms with Crippen LogP contribution in [0.15, 0.2) is 35.2 Å². The highest BCUT2D eigenvalue weighted by atomic mass is 16.5. The number of nitrogens with one attached hydrogen (secondary N) is 2. The van der Waals surface area contributed by atoms with Crippen molar-refractivity contribution in [3.63, 3.8) is 0 Å². The van der Waals surface area contributed by atoms with E-state index in [2.05, 4.69) is 15.6 Å². The van der Waals surface area contributed by atoms with Crippen LogP contribution >= 0.6 is 0 Å². The fourth-order valence-electron chi connectivity index (χ4n) is 3.22. The number of hydrogen-bond acceptors (Lipinski definition) is 6. The molecule has 2 amide bonds. The summed E-state index contributed by atoms with van der Waals surface area (Å²) in [5.74, 6) is -0.583. The summed E-state index contributed by atoms with van der Waals surface area (Å²) in [5, 5.41) is 15.5. The Labute approximate surface area is 156 Å². The summed E-state index contributed by atoms with van der Waals surface area (Å²) in [4.78, 5) is 28.0. The van der Waals surface area contributed by atoms with Gasteiger partial charge in [-0.2, -0.15) is 0 Å². The number of aliphatic hydroxyl groups is 1. The molecule has 1 fully saturated rings. The van der Waals surface area contributed by atoms with Gasteiger partial charge in [0.1, 0.15) is 5.75 Å². The topological polar surface area (TPSA) is 114 Å². The van der Waals surface area contributed by atoms with E-state index in [1.54, 1.807) is 24.4 Å². The summed E-state index contributed by atoms with van der Waals surface area (Å²) in [6.45, 7) is 0.0764. The molecular weight excluding hydrogens is 350 g/mol. The van der Waals surface area contributed by atoms with Crippen LogP contribution in [-0.2, 0) is 9.59 Å². The Morgan fingerprint density at radius 2 is 2.04 bits per heavy atom. The van der Waals surface area contributed by atoms with E-state index >= 15 is 0 Å². The van der Waals surface area contributed by atoms with Gasteiger partial charge in [-0.25, -0.2) is 4.98 Å². The number of carbonyl (C=O) groups excluding carboxylic acids is 2. The number of aromatic nitrogens is 1. The molecule has 8 heteroatoms. The highest BCUT2D eigenvalue weighted by molar-refractivity contribution is 6.39. The van der Waals surface area contributed by atoms with Gasteiger partial charge in [0.15, 0.2) is 12.2 Å². The zero-order valence-corrected chi connectivity index (χ0v) is 15.2. The lowest BCUT2D eigenvalue weighted by Crippen LogP contribution is -2.47. The lowest BCUT2D eigenvalue weighted by Gasteiger charge is -2.31. The Morgan fingerprint density at radius 1 is 1.26 bits per heavy atom. The van der Waals surface area contributed by atoms with Crippen molar-refractivity contribution < 1.29 is 23.8 Å². The van der Waals surface area contributed by atoms with Gasteiger partial charge < -0.3 is 24.9 Å². The van der Waals surface area contributed by atoms with Gasteiger partial charge in [-0.3, -0.25) is 9.59 Å². The maximum Gasteiger partial charge on any atom is 0.313 e. The van der Waals surface area contributed by atoms with Gasteiger partial charge in [-0.15, -0.1) is 0 Å². The number of rotatable bonds is 5. The number of carbonyl (C=O) groups is 2. The van der Waals surface area contributed by atoms with Crippen molar-refractivity contribution in [2.75, 3.05) is 19.0 Å². The van der Waals surface area contributed by atoms with E-state index in [4.69, 9.17) is 9.15 Å². The summed E-state index contributed by atoms with van der Waals surface area (Å²) >= 11 is 0. The van der Waals surface area contributed by atoms with Crippen LogP contribution in [0.25, 0.3) is 11.3 Å². The molecule has 1 aromatic heterocycles. The minimum Gasteiger partial charge on any atom is -0.496 e. The molecule has 2 aromatic rings. The van der Waals surface area contributed by atoms with Gasteiger partial charge in [0.05, 0.1) is 24.5 Å². The first-order valence-corrected chi connectivity index (χ1v) is 8.89. The number of oxazole rings is 1. The molecule has 1 aliphatic rings. The molecule has 1 aliphatic carbocycles. The first kappa shape index (κ1) is 18.9. The Morgan fingerprint density at radius 3 is 2.70 bits per heavy atom. The Hall–Kier alpha value is -2.87. The largest absolute Gasteiger partial charge is 0.496 e. The molecule has 144 valence electrons. The van der Waals surface area contributed by atoms with Crippen molar-refractivity contribution in [1.82, 2.24) is 10.3 Å². The lowest BCUT2D eigenvalue weighted by atomic mass is 9.85. The summed E-state index contributed by atoms with van der Waals surface area (Å²) in [7, 11) is 1.50. The van der Waals surface area contributed by atoms with Gasteiger partial charge in [0, 0.05) is 18.3 Å².